The number of nitrogens with zero attached hydrogens (tertiary/aromatic N) is 1. The molecule has 5 nitrogen and oxygen atoms in total. The van der Waals surface area contributed by atoms with Crippen molar-refractivity contribution in [3.63, 3.8) is 0 Å². The minimum atomic E-state index is -0.462. The van der Waals surface area contributed by atoms with Gasteiger partial charge in [-0.05, 0) is 25.0 Å². The van der Waals surface area contributed by atoms with Crippen molar-refractivity contribution in [2.75, 3.05) is 18.5 Å². The molecule has 0 bridgehead atoms. The fourth-order valence-electron chi connectivity index (χ4n) is 2.03. The van der Waals surface area contributed by atoms with Gasteiger partial charge in [-0.15, -0.1) is 0 Å². The molecule has 0 unspecified atom stereocenters. The summed E-state index contributed by atoms with van der Waals surface area (Å²) in [6.07, 6.45) is 4.78. The number of amides is 1. The maximum atomic E-state index is 11.0. The number of aromatic nitrogens is 1. The fourth-order valence-corrected chi connectivity index (χ4v) is 2.03. The van der Waals surface area contributed by atoms with Crippen molar-refractivity contribution in [1.82, 2.24) is 4.98 Å². The second-order valence-electron chi connectivity index (χ2n) is 4.66. The number of anilines is 1. The summed E-state index contributed by atoms with van der Waals surface area (Å²) in [5, 5.41) is 12.5. The number of carbonyl (C=O) groups is 1. The molecular formula is C12H17N3O2. The van der Waals surface area contributed by atoms with E-state index in [0.29, 0.717) is 17.9 Å². The van der Waals surface area contributed by atoms with Crippen LogP contribution in [0.15, 0.2) is 18.3 Å². The van der Waals surface area contributed by atoms with Gasteiger partial charge in [0.15, 0.2) is 0 Å². The molecule has 1 aromatic rings. The van der Waals surface area contributed by atoms with Crippen LogP contribution in [-0.4, -0.2) is 29.1 Å². The zero-order valence-electron chi connectivity index (χ0n) is 9.65. The molecule has 4 N–H and O–H groups in total. The molecule has 2 rings (SSSR count). The van der Waals surface area contributed by atoms with Crippen molar-refractivity contribution in [2.24, 2.45) is 11.1 Å². The molecule has 1 aliphatic carbocycles. The largest absolute Gasteiger partial charge is 0.396 e. The molecule has 17 heavy (non-hydrogen) atoms. The second-order valence-corrected chi connectivity index (χ2v) is 4.66. The van der Waals surface area contributed by atoms with Gasteiger partial charge in [-0.2, -0.15) is 0 Å². The Morgan fingerprint density at radius 1 is 1.59 bits per heavy atom. The van der Waals surface area contributed by atoms with Gasteiger partial charge < -0.3 is 16.2 Å². The minimum Gasteiger partial charge on any atom is -0.396 e. The highest BCUT2D eigenvalue weighted by Crippen LogP contribution is 2.40. The van der Waals surface area contributed by atoms with Gasteiger partial charge in [0.2, 0.25) is 5.91 Å². The van der Waals surface area contributed by atoms with Gasteiger partial charge in [-0.3, -0.25) is 4.79 Å². The molecule has 1 heterocycles. The smallest absolute Gasteiger partial charge is 0.248 e. The fraction of sp³-hybridized carbons (Fsp3) is 0.500. The van der Waals surface area contributed by atoms with E-state index < -0.39 is 5.91 Å². The molecule has 0 aromatic carbocycles. The highest BCUT2D eigenvalue weighted by atomic mass is 16.3. The molecular weight excluding hydrogens is 218 g/mol. The highest BCUT2D eigenvalue weighted by molar-refractivity contribution is 5.93. The summed E-state index contributed by atoms with van der Waals surface area (Å²) >= 11 is 0. The summed E-state index contributed by atoms with van der Waals surface area (Å²) in [5.41, 5.74) is 5.62. The molecule has 1 saturated carbocycles. The van der Waals surface area contributed by atoms with Crippen LogP contribution in [0.2, 0.25) is 0 Å². The van der Waals surface area contributed by atoms with Gasteiger partial charge in [-0.25, -0.2) is 4.98 Å². The van der Waals surface area contributed by atoms with E-state index in [0.717, 1.165) is 19.3 Å². The topological polar surface area (TPSA) is 88.2 Å². The van der Waals surface area contributed by atoms with Crippen molar-refractivity contribution < 1.29 is 9.90 Å². The van der Waals surface area contributed by atoms with Crippen molar-refractivity contribution in [3.8, 4) is 0 Å². The lowest BCUT2D eigenvalue weighted by atomic mass is 9.69. The Morgan fingerprint density at radius 3 is 2.88 bits per heavy atom. The van der Waals surface area contributed by atoms with Gasteiger partial charge in [0.1, 0.15) is 5.82 Å². The number of hydrogen-bond donors (Lipinski definition) is 3. The van der Waals surface area contributed by atoms with Crippen LogP contribution in [0.25, 0.3) is 0 Å². The standard InChI is InChI=1S/C12H17N3O2/c13-11(17)9-2-5-14-10(6-9)15-7-12(8-16)3-1-4-12/h2,5-6,16H,1,3-4,7-8H2,(H2,13,17)(H,14,15). The second kappa shape index (κ2) is 4.71. The summed E-state index contributed by atoms with van der Waals surface area (Å²) in [6, 6.07) is 3.21. The Kier molecular flexibility index (Phi) is 3.28. The number of hydrogen-bond acceptors (Lipinski definition) is 4. The number of primary amides is 1. The monoisotopic (exact) mass is 235 g/mol. The third kappa shape index (κ3) is 2.55. The van der Waals surface area contributed by atoms with Crippen LogP contribution in [0, 0.1) is 5.41 Å². The predicted octanol–water partition coefficient (Wildman–Crippen LogP) is 0.755. The van der Waals surface area contributed by atoms with Crippen LogP contribution in [0.4, 0.5) is 5.82 Å². The molecule has 1 aromatic heterocycles. The first-order valence-electron chi connectivity index (χ1n) is 5.76. The zero-order chi connectivity index (χ0) is 12.3. The van der Waals surface area contributed by atoms with Crippen LogP contribution in [0.1, 0.15) is 29.6 Å². The molecule has 1 amide bonds. The summed E-state index contributed by atoms with van der Waals surface area (Å²) < 4.78 is 0. The van der Waals surface area contributed by atoms with Crippen LogP contribution in [0.3, 0.4) is 0 Å². The molecule has 0 atom stereocenters. The number of aliphatic hydroxyl groups excluding tert-OH is 1. The lowest BCUT2D eigenvalue weighted by Crippen LogP contribution is -2.40. The number of carbonyl (C=O) groups excluding carboxylic acids is 1. The normalized spacial score (nSPS) is 17.2. The van der Waals surface area contributed by atoms with E-state index in [4.69, 9.17) is 5.73 Å². The first-order chi connectivity index (χ1) is 8.15. The molecule has 92 valence electrons. The van der Waals surface area contributed by atoms with Gasteiger partial charge in [0, 0.05) is 23.7 Å². The van der Waals surface area contributed by atoms with Gasteiger partial charge in [-0.1, -0.05) is 6.42 Å². The van der Waals surface area contributed by atoms with Crippen LogP contribution in [0.5, 0.6) is 0 Å². The number of nitrogens with one attached hydrogen (secondary N) is 1. The summed E-state index contributed by atoms with van der Waals surface area (Å²) in [7, 11) is 0. The Morgan fingerprint density at radius 2 is 2.35 bits per heavy atom. The van der Waals surface area contributed by atoms with Gasteiger partial charge in [0.25, 0.3) is 0 Å². The van der Waals surface area contributed by atoms with E-state index in [1.165, 1.54) is 0 Å². The van der Waals surface area contributed by atoms with Crippen molar-refractivity contribution in [3.05, 3.63) is 23.9 Å². The third-order valence-electron chi connectivity index (χ3n) is 3.44. The van der Waals surface area contributed by atoms with E-state index in [1.807, 2.05) is 0 Å². The first-order valence-corrected chi connectivity index (χ1v) is 5.76. The quantitative estimate of drug-likeness (QED) is 0.703. The van der Waals surface area contributed by atoms with Gasteiger partial charge >= 0.3 is 0 Å². The van der Waals surface area contributed by atoms with E-state index in [9.17, 15) is 9.90 Å². The summed E-state index contributed by atoms with van der Waals surface area (Å²) in [4.78, 5) is 15.1. The average molecular weight is 235 g/mol. The van der Waals surface area contributed by atoms with E-state index >= 15 is 0 Å². The van der Waals surface area contributed by atoms with Gasteiger partial charge in [0.05, 0.1) is 6.61 Å². The van der Waals surface area contributed by atoms with E-state index in [2.05, 4.69) is 10.3 Å². The van der Waals surface area contributed by atoms with E-state index in [1.54, 1.807) is 18.3 Å². The average Bonchev–Trinajstić information content (AvgIpc) is 2.28. The van der Waals surface area contributed by atoms with Crippen molar-refractivity contribution in [2.45, 2.75) is 19.3 Å². The SMILES string of the molecule is NC(=O)c1ccnc(NCC2(CO)CCC2)c1. The third-order valence-corrected chi connectivity index (χ3v) is 3.44. The lowest BCUT2D eigenvalue weighted by Gasteiger charge is -2.40. The molecule has 0 saturated heterocycles. The molecule has 0 aliphatic heterocycles. The predicted molar refractivity (Wildman–Crippen MR) is 64.6 cm³/mol. The maximum absolute atomic E-state index is 11.0. The highest BCUT2D eigenvalue weighted by Gasteiger charge is 2.36. The Hall–Kier alpha value is -1.62. The number of rotatable bonds is 5. The van der Waals surface area contributed by atoms with E-state index in [-0.39, 0.29) is 12.0 Å². The molecule has 1 aliphatic rings. The molecule has 5 heteroatoms. The lowest BCUT2D eigenvalue weighted by molar-refractivity contribution is 0.0575. The van der Waals surface area contributed by atoms with Crippen molar-refractivity contribution >= 4 is 11.7 Å². The van der Waals surface area contributed by atoms with Crippen LogP contribution in [-0.2, 0) is 0 Å². The number of aliphatic hydroxyl groups is 1. The molecule has 0 spiro atoms. The first kappa shape index (κ1) is 11.9. The Bertz CT molecular complexity index is 410. The Labute approximate surface area is 100 Å². The Balaban J connectivity index is 1.99. The summed E-state index contributed by atoms with van der Waals surface area (Å²) in [5.74, 6) is 0.164. The van der Waals surface area contributed by atoms with Crippen LogP contribution < -0.4 is 11.1 Å². The minimum absolute atomic E-state index is 0.00952. The molecule has 0 radical (unpaired) electrons. The molecule has 1 fully saturated rings. The van der Waals surface area contributed by atoms with Crippen molar-refractivity contribution in [1.29, 1.82) is 0 Å². The maximum Gasteiger partial charge on any atom is 0.248 e. The van der Waals surface area contributed by atoms with Crippen LogP contribution >= 0.6 is 0 Å². The zero-order valence-corrected chi connectivity index (χ0v) is 9.65. The number of pyridine rings is 1. The number of nitrogens with two attached hydrogens (primary N) is 1. The summed E-state index contributed by atoms with van der Waals surface area (Å²) in [6.45, 7) is 0.869.